The Morgan fingerprint density at radius 2 is 2.15 bits per heavy atom. The fourth-order valence-corrected chi connectivity index (χ4v) is 3.14. The summed E-state index contributed by atoms with van der Waals surface area (Å²) < 4.78 is 28.7. The molecule has 0 fully saturated rings. The van der Waals surface area contributed by atoms with Gasteiger partial charge in [-0.2, -0.15) is 0 Å². The molecule has 0 spiro atoms. The largest absolute Gasteiger partial charge is 0.398 e. The van der Waals surface area contributed by atoms with Crippen LogP contribution in [0, 0.1) is 6.92 Å². The Morgan fingerprint density at radius 3 is 2.80 bits per heavy atom. The van der Waals surface area contributed by atoms with Crippen LogP contribution in [0.1, 0.15) is 11.4 Å². The van der Waals surface area contributed by atoms with Crippen molar-refractivity contribution in [3.8, 4) is 0 Å². The predicted octanol–water partition coefficient (Wildman–Crippen LogP) is 0.227. The smallest absolute Gasteiger partial charge is 0.240 e. The van der Waals surface area contributed by atoms with Crippen LogP contribution in [0.2, 0.25) is 0 Å². The summed E-state index contributed by atoms with van der Waals surface area (Å²) in [4.78, 5) is 0.204. The Balaban J connectivity index is 2.08. The summed E-state index contributed by atoms with van der Waals surface area (Å²) in [5, 5.41) is 7.64. The van der Waals surface area contributed by atoms with Gasteiger partial charge in [-0.1, -0.05) is 6.07 Å². The van der Waals surface area contributed by atoms with E-state index in [1.165, 1.54) is 6.07 Å². The van der Waals surface area contributed by atoms with Gasteiger partial charge in [0.1, 0.15) is 12.2 Å². The second kappa shape index (κ2) is 5.59. The Labute approximate surface area is 117 Å². The highest BCUT2D eigenvalue weighted by Crippen LogP contribution is 2.19. The first-order chi connectivity index (χ1) is 9.42. The number of rotatable bonds is 5. The lowest BCUT2D eigenvalue weighted by atomic mass is 10.2. The molecule has 0 radical (unpaired) electrons. The standard InChI is InChI=1S/C12H17N5O2S/c1-9-10(13)4-3-5-11(9)20(18,19)15-7-6-12-16-14-8-17(12)2/h3-5,8,15H,6-7,13H2,1-2H3. The second-order valence-electron chi connectivity index (χ2n) is 4.48. The summed E-state index contributed by atoms with van der Waals surface area (Å²) in [6.07, 6.45) is 2.04. The molecule has 0 bridgehead atoms. The maximum absolute atomic E-state index is 12.2. The van der Waals surface area contributed by atoms with Crippen LogP contribution in [-0.2, 0) is 23.5 Å². The fraction of sp³-hybridized carbons (Fsp3) is 0.333. The molecule has 1 heterocycles. The Hall–Kier alpha value is -1.93. The van der Waals surface area contributed by atoms with Crippen molar-refractivity contribution >= 4 is 15.7 Å². The minimum atomic E-state index is -3.57. The number of nitrogens with two attached hydrogens (primary N) is 1. The van der Waals surface area contributed by atoms with Crippen LogP contribution in [-0.4, -0.2) is 29.7 Å². The molecule has 3 N–H and O–H groups in total. The molecule has 2 aromatic rings. The molecule has 0 aliphatic heterocycles. The van der Waals surface area contributed by atoms with E-state index >= 15 is 0 Å². The molecular weight excluding hydrogens is 278 g/mol. The molecule has 108 valence electrons. The Bertz CT molecular complexity index is 708. The SMILES string of the molecule is Cc1c(N)cccc1S(=O)(=O)NCCc1nncn1C. The van der Waals surface area contributed by atoms with Crippen LogP contribution >= 0.6 is 0 Å². The highest BCUT2D eigenvalue weighted by molar-refractivity contribution is 7.89. The van der Waals surface area contributed by atoms with Crippen molar-refractivity contribution in [2.24, 2.45) is 7.05 Å². The van der Waals surface area contributed by atoms with E-state index in [2.05, 4.69) is 14.9 Å². The van der Waals surface area contributed by atoms with Gasteiger partial charge < -0.3 is 10.3 Å². The van der Waals surface area contributed by atoms with Crippen LogP contribution in [0.3, 0.4) is 0 Å². The lowest BCUT2D eigenvalue weighted by Gasteiger charge is -2.10. The monoisotopic (exact) mass is 295 g/mol. The van der Waals surface area contributed by atoms with Gasteiger partial charge in [0.2, 0.25) is 10.0 Å². The molecule has 1 aromatic carbocycles. The van der Waals surface area contributed by atoms with Crippen LogP contribution in [0.5, 0.6) is 0 Å². The zero-order chi connectivity index (χ0) is 14.8. The number of hydrogen-bond donors (Lipinski definition) is 2. The number of hydrogen-bond acceptors (Lipinski definition) is 5. The Kier molecular flexibility index (Phi) is 4.05. The van der Waals surface area contributed by atoms with Crippen molar-refractivity contribution in [1.29, 1.82) is 0 Å². The first-order valence-corrected chi connectivity index (χ1v) is 7.58. The third-order valence-corrected chi connectivity index (χ3v) is 4.67. The van der Waals surface area contributed by atoms with Gasteiger partial charge in [0, 0.05) is 25.7 Å². The van der Waals surface area contributed by atoms with Gasteiger partial charge in [0.05, 0.1) is 4.90 Å². The van der Waals surface area contributed by atoms with Gasteiger partial charge >= 0.3 is 0 Å². The number of benzene rings is 1. The average Bonchev–Trinajstić information content (AvgIpc) is 2.78. The number of anilines is 1. The van der Waals surface area contributed by atoms with E-state index in [1.54, 1.807) is 30.0 Å². The van der Waals surface area contributed by atoms with E-state index in [9.17, 15) is 8.42 Å². The number of nitrogen functional groups attached to an aromatic ring is 1. The summed E-state index contributed by atoms with van der Waals surface area (Å²) in [7, 11) is -1.76. The highest BCUT2D eigenvalue weighted by Gasteiger charge is 2.17. The molecule has 8 heteroatoms. The molecule has 0 saturated carbocycles. The molecule has 7 nitrogen and oxygen atoms in total. The van der Waals surface area contributed by atoms with Crippen molar-refractivity contribution in [3.05, 3.63) is 35.9 Å². The van der Waals surface area contributed by atoms with Crippen molar-refractivity contribution in [3.63, 3.8) is 0 Å². The molecule has 0 aliphatic rings. The molecule has 0 aliphatic carbocycles. The second-order valence-corrected chi connectivity index (χ2v) is 6.21. The molecule has 0 saturated heterocycles. The number of aromatic nitrogens is 3. The van der Waals surface area contributed by atoms with Crippen LogP contribution in [0.4, 0.5) is 5.69 Å². The van der Waals surface area contributed by atoms with Crippen LogP contribution in [0.15, 0.2) is 29.4 Å². The first-order valence-electron chi connectivity index (χ1n) is 6.09. The van der Waals surface area contributed by atoms with Crippen molar-refractivity contribution in [2.45, 2.75) is 18.2 Å². The molecule has 0 unspecified atom stereocenters. The lowest BCUT2D eigenvalue weighted by Crippen LogP contribution is -2.27. The van der Waals surface area contributed by atoms with Crippen molar-refractivity contribution in [1.82, 2.24) is 19.5 Å². The van der Waals surface area contributed by atoms with E-state index in [0.717, 1.165) is 5.82 Å². The summed E-state index contributed by atoms with van der Waals surface area (Å²) in [6, 6.07) is 4.84. The lowest BCUT2D eigenvalue weighted by molar-refractivity contribution is 0.579. The maximum atomic E-state index is 12.2. The third-order valence-electron chi connectivity index (χ3n) is 3.06. The summed E-state index contributed by atoms with van der Waals surface area (Å²) in [6.45, 7) is 1.94. The normalized spacial score (nSPS) is 11.7. The highest BCUT2D eigenvalue weighted by atomic mass is 32.2. The average molecular weight is 295 g/mol. The molecule has 2 rings (SSSR count). The van der Waals surface area contributed by atoms with Gasteiger partial charge in [-0.3, -0.25) is 0 Å². The zero-order valence-corrected chi connectivity index (χ0v) is 12.2. The first kappa shape index (κ1) is 14.5. The van der Waals surface area contributed by atoms with Gasteiger partial charge in [-0.25, -0.2) is 13.1 Å². The topological polar surface area (TPSA) is 103 Å². The van der Waals surface area contributed by atoms with E-state index in [4.69, 9.17) is 5.73 Å². The number of nitrogens with one attached hydrogen (secondary N) is 1. The minimum absolute atomic E-state index is 0.204. The molecule has 20 heavy (non-hydrogen) atoms. The van der Waals surface area contributed by atoms with Crippen molar-refractivity contribution in [2.75, 3.05) is 12.3 Å². The van der Waals surface area contributed by atoms with Crippen LogP contribution in [0.25, 0.3) is 0 Å². The summed E-state index contributed by atoms with van der Waals surface area (Å²) in [5.74, 6) is 0.719. The molecule has 0 atom stereocenters. The van der Waals surface area contributed by atoms with Crippen LogP contribution < -0.4 is 10.5 Å². The quantitative estimate of drug-likeness (QED) is 0.768. The van der Waals surface area contributed by atoms with Gasteiger partial charge in [-0.15, -0.1) is 10.2 Å². The Morgan fingerprint density at radius 1 is 1.40 bits per heavy atom. The van der Waals surface area contributed by atoms with E-state index in [1.807, 2.05) is 7.05 Å². The number of sulfonamides is 1. The minimum Gasteiger partial charge on any atom is -0.398 e. The number of aryl methyl sites for hydroxylation is 1. The summed E-state index contributed by atoms with van der Waals surface area (Å²) in [5.41, 5.74) is 6.74. The van der Waals surface area contributed by atoms with E-state index < -0.39 is 10.0 Å². The van der Waals surface area contributed by atoms with E-state index in [0.29, 0.717) is 17.7 Å². The molecule has 1 aromatic heterocycles. The molecular formula is C12H17N5O2S. The van der Waals surface area contributed by atoms with Crippen molar-refractivity contribution < 1.29 is 8.42 Å². The van der Waals surface area contributed by atoms with Gasteiger partial charge in [0.15, 0.2) is 0 Å². The summed E-state index contributed by atoms with van der Waals surface area (Å²) >= 11 is 0. The fourth-order valence-electron chi connectivity index (χ4n) is 1.83. The van der Waals surface area contributed by atoms with Gasteiger partial charge in [0.25, 0.3) is 0 Å². The third kappa shape index (κ3) is 2.97. The maximum Gasteiger partial charge on any atom is 0.240 e. The van der Waals surface area contributed by atoms with E-state index in [-0.39, 0.29) is 11.4 Å². The predicted molar refractivity (Wildman–Crippen MR) is 75.5 cm³/mol. The van der Waals surface area contributed by atoms with Gasteiger partial charge in [-0.05, 0) is 24.6 Å². The zero-order valence-electron chi connectivity index (χ0n) is 11.4. The number of nitrogens with zero attached hydrogens (tertiary/aromatic N) is 3. The molecule has 0 amide bonds.